The Morgan fingerprint density at radius 1 is 1.16 bits per heavy atom. The third-order valence-electron chi connectivity index (χ3n) is 3.21. The van der Waals surface area contributed by atoms with E-state index in [1.54, 1.807) is 6.92 Å². The van der Waals surface area contributed by atoms with Gasteiger partial charge in [-0.25, -0.2) is 13.1 Å². The molecule has 0 fully saturated rings. The number of carbonyl (C=O) groups excluding carboxylic acids is 1. The number of benzene rings is 1. The Kier molecular flexibility index (Phi) is 8.88. The van der Waals surface area contributed by atoms with Gasteiger partial charge in [-0.2, -0.15) is 0 Å². The van der Waals surface area contributed by atoms with Gasteiger partial charge in [0.15, 0.2) is 6.10 Å². The molecule has 0 aliphatic heterocycles. The van der Waals surface area contributed by atoms with Gasteiger partial charge >= 0.3 is 0 Å². The maximum absolute atomic E-state index is 12.2. The van der Waals surface area contributed by atoms with Crippen molar-refractivity contribution in [3.05, 3.63) is 24.3 Å². The largest absolute Gasteiger partial charge is 0.481 e. The van der Waals surface area contributed by atoms with E-state index < -0.39 is 16.1 Å². The topological polar surface area (TPSA) is 93.7 Å². The van der Waals surface area contributed by atoms with Crippen molar-refractivity contribution in [2.45, 2.75) is 51.2 Å². The number of hydrogen-bond donors (Lipinski definition) is 2. The Hall–Kier alpha value is -1.64. The van der Waals surface area contributed by atoms with Crippen LogP contribution in [0.4, 0.5) is 0 Å². The molecular formula is C17H28N2O5S. The Bertz CT molecular complexity index is 629. The van der Waals surface area contributed by atoms with E-state index in [1.165, 1.54) is 24.3 Å². The summed E-state index contributed by atoms with van der Waals surface area (Å²) in [6.07, 6.45) is -0.0574. The Morgan fingerprint density at radius 3 is 2.36 bits per heavy atom. The lowest BCUT2D eigenvalue weighted by molar-refractivity contribution is -0.127. The van der Waals surface area contributed by atoms with E-state index in [2.05, 4.69) is 10.0 Å². The van der Waals surface area contributed by atoms with Gasteiger partial charge in [0.05, 0.1) is 4.90 Å². The highest BCUT2D eigenvalue weighted by molar-refractivity contribution is 7.89. The van der Waals surface area contributed by atoms with Crippen LogP contribution in [0.25, 0.3) is 0 Å². The summed E-state index contributed by atoms with van der Waals surface area (Å²) in [5.41, 5.74) is 0. The summed E-state index contributed by atoms with van der Waals surface area (Å²) < 4.78 is 37.6. The predicted octanol–water partition coefficient (Wildman–Crippen LogP) is 1.68. The number of ether oxygens (including phenoxy) is 2. The van der Waals surface area contributed by atoms with Gasteiger partial charge in [0, 0.05) is 25.8 Å². The molecule has 0 heterocycles. The number of carbonyl (C=O) groups is 1. The zero-order chi connectivity index (χ0) is 18.9. The van der Waals surface area contributed by atoms with Crippen LogP contribution < -0.4 is 14.8 Å². The van der Waals surface area contributed by atoms with Gasteiger partial charge in [-0.15, -0.1) is 0 Å². The maximum atomic E-state index is 12.2. The van der Waals surface area contributed by atoms with Crippen LogP contribution in [0.2, 0.25) is 0 Å². The third-order valence-corrected chi connectivity index (χ3v) is 4.69. The first kappa shape index (κ1) is 21.4. The molecule has 1 rings (SSSR count). The van der Waals surface area contributed by atoms with Crippen molar-refractivity contribution < 1.29 is 22.7 Å². The number of nitrogens with one attached hydrogen (secondary N) is 2. The smallest absolute Gasteiger partial charge is 0.260 e. The molecule has 1 aromatic carbocycles. The van der Waals surface area contributed by atoms with Crippen molar-refractivity contribution >= 4 is 15.9 Å². The second-order valence-electron chi connectivity index (χ2n) is 5.84. The molecule has 0 aromatic heterocycles. The zero-order valence-corrected chi connectivity index (χ0v) is 16.1. The van der Waals surface area contributed by atoms with Crippen molar-refractivity contribution in [2.75, 3.05) is 19.8 Å². The van der Waals surface area contributed by atoms with Crippen LogP contribution >= 0.6 is 0 Å². The zero-order valence-electron chi connectivity index (χ0n) is 15.2. The first-order valence-electron chi connectivity index (χ1n) is 8.40. The van der Waals surface area contributed by atoms with E-state index in [9.17, 15) is 13.2 Å². The van der Waals surface area contributed by atoms with Crippen molar-refractivity contribution in [3.63, 3.8) is 0 Å². The minimum Gasteiger partial charge on any atom is -0.481 e. The fourth-order valence-corrected chi connectivity index (χ4v) is 3.04. The predicted molar refractivity (Wildman–Crippen MR) is 96.1 cm³/mol. The van der Waals surface area contributed by atoms with Gasteiger partial charge in [0.1, 0.15) is 5.75 Å². The van der Waals surface area contributed by atoms with Crippen LogP contribution in [0.1, 0.15) is 34.1 Å². The average molecular weight is 372 g/mol. The maximum Gasteiger partial charge on any atom is 0.260 e. The summed E-state index contributed by atoms with van der Waals surface area (Å²) in [6.45, 7) is 8.71. The molecule has 0 aliphatic rings. The number of amides is 1. The summed E-state index contributed by atoms with van der Waals surface area (Å²) in [4.78, 5) is 12.0. The Balaban J connectivity index is 2.58. The molecule has 0 bridgehead atoms. The number of hydrogen-bond acceptors (Lipinski definition) is 5. The van der Waals surface area contributed by atoms with Gasteiger partial charge < -0.3 is 14.8 Å². The molecule has 2 N–H and O–H groups in total. The molecule has 0 unspecified atom stereocenters. The van der Waals surface area contributed by atoms with Gasteiger partial charge in [0.25, 0.3) is 5.91 Å². The summed E-state index contributed by atoms with van der Waals surface area (Å²) in [5, 5.41) is 2.76. The molecule has 0 aliphatic carbocycles. The fourth-order valence-electron chi connectivity index (χ4n) is 1.97. The minimum atomic E-state index is -3.57. The summed E-state index contributed by atoms with van der Waals surface area (Å²) >= 11 is 0. The molecule has 142 valence electrons. The summed E-state index contributed by atoms with van der Waals surface area (Å²) in [5.74, 6) is 0.212. The molecule has 0 saturated carbocycles. The second-order valence-corrected chi connectivity index (χ2v) is 7.61. The van der Waals surface area contributed by atoms with E-state index in [-0.39, 0.29) is 16.8 Å². The molecule has 7 nitrogen and oxygen atoms in total. The Labute approximate surface area is 150 Å². The van der Waals surface area contributed by atoms with Crippen molar-refractivity contribution in [2.24, 2.45) is 0 Å². The van der Waals surface area contributed by atoms with Crippen LogP contribution in [0.3, 0.4) is 0 Å². The molecule has 0 spiro atoms. The lowest BCUT2D eigenvalue weighted by Crippen LogP contribution is -2.40. The highest BCUT2D eigenvalue weighted by atomic mass is 32.2. The first-order valence-corrected chi connectivity index (χ1v) is 9.89. The van der Waals surface area contributed by atoms with Crippen molar-refractivity contribution in [1.29, 1.82) is 0 Å². The second kappa shape index (κ2) is 10.4. The summed E-state index contributed by atoms with van der Waals surface area (Å²) in [6, 6.07) is 6.00. The SMILES string of the molecule is CCOCCCNS(=O)(=O)c1ccc(O[C@@H](C)C(=O)NC(C)C)cc1. The molecular weight excluding hydrogens is 344 g/mol. The van der Waals surface area contributed by atoms with Gasteiger partial charge in [-0.1, -0.05) is 0 Å². The van der Waals surface area contributed by atoms with Gasteiger partial charge in [-0.3, -0.25) is 4.79 Å². The summed E-state index contributed by atoms with van der Waals surface area (Å²) in [7, 11) is -3.57. The van der Waals surface area contributed by atoms with Crippen molar-refractivity contribution in [3.8, 4) is 5.75 Å². The van der Waals surface area contributed by atoms with Crippen LogP contribution in [0.15, 0.2) is 29.2 Å². The molecule has 0 radical (unpaired) electrons. The highest BCUT2D eigenvalue weighted by Crippen LogP contribution is 2.17. The lowest BCUT2D eigenvalue weighted by Gasteiger charge is -2.16. The van der Waals surface area contributed by atoms with Crippen LogP contribution in [0.5, 0.6) is 5.75 Å². The Morgan fingerprint density at radius 2 is 1.80 bits per heavy atom. The minimum absolute atomic E-state index is 0.0277. The van der Waals surface area contributed by atoms with Crippen LogP contribution in [0, 0.1) is 0 Å². The molecule has 0 saturated heterocycles. The lowest BCUT2D eigenvalue weighted by atomic mass is 10.3. The van der Waals surface area contributed by atoms with E-state index in [4.69, 9.17) is 9.47 Å². The van der Waals surface area contributed by atoms with E-state index in [1.807, 2.05) is 20.8 Å². The molecule has 1 atom stereocenters. The van der Waals surface area contributed by atoms with Crippen LogP contribution in [-0.4, -0.2) is 46.2 Å². The van der Waals surface area contributed by atoms with Gasteiger partial charge in [0.2, 0.25) is 10.0 Å². The standard InChI is InChI=1S/C17H28N2O5S/c1-5-23-12-6-11-18-25(21,22)16-9-7-15(8-10-16)24-14(4)17(20)19-13(2)3/h7-10,13-14,18H,5-6,11-12H2,1-4H3,(H,19,20)/t14-/m0/s1. The quantitative estimate of drug-likeness (QED) is 0.577. The van der Waals surface area contributed by atoms with Crippen molar-refractivity contribution in [1.82, 2.24) is 10.0 Å². The van der Waals surface area contributed by atoms with E-state index in [0.717, 1.165) is 0 Å². The van der Waals surface area contributed by atoms with Gasteiger partial charge in [-0.05, 0) is 58.4 Å². The number of sulfonamides is 1. The number of rotatable bonds is 11. The average Bonchev–Trinajstić information content (AvgIpc) is 2.54. The first-order chi connectivity index (χ1) is 11.8. The molecule has 1 aromatic rings. The molecule has 25 heavy (non-hydrogen) atoms. The molecule has 8 heteroatoms. The van der Waals surface area contributed by atoms with E-state index >= 15 is 0 Å². The molecule has 1 amide bonds. The normalized spacial score (nSPS) is 12.8. The van der Waals surface area contributed by atoms with E-state index in [0.29, 0.717) is 31.9 Å². The third kappa shape index (κ3) is 7.85. The monoisotopic (exact) mass is 372 g/mol. The van der Waals surface area contributed by atoms with Crippen LogP contribution in [-0.2, 0) is 19.6 Å². The fraction of sp³-hybridized carbons (Fsp3) is 0.588. The highest BCUT2D eigenvalue weighted by Gasteiger charge is 2.17.